The number of nitrogens with zero attached hydrogens (tertiary/aromatic N) is 1. The van der Waals surface area contributed by atoms with Gasteiger partial charge >= 0.3 is 12.0 Å². The molecule has 0 aliphatic rings. The molecule has 0 bridgehead atoms. The van der Waals surface area contributed by atoms with Gasteiger partial charge in [-0.15, -0.1) is 0 Å². The average Bonchev–Trinajstić information content (AvgIpc) is 2.38. The van der Waals surface area contributed by atoms with Gasteiger partial charge in [-0.1, -0.05) is 0 Å². The maximum atomic E-state index is 11.9. The van der Waals surface area contributed by atoms with E-state index in [0.717, 1.165) is 0 Å². The van der Waals surface area contributed by atoms with Crippen LogP contribution in [0.3, 0.4) is 0 Å². The molecule has 0 fully saturated rings. The van der Waals surface area contributed by atoms with Crippen molar-refractivity contribution < 1.29 is 19.4 Å². The summed E-state index contributed by atoms with van der Waals surface area (Å²) in [5.74, 6) is -0.457. The van der Waals surface area contributed by atoms with E-state index >= 15 is 0 Å². The zero-order valence-electron chi connectivity index (χ0n) is 10.6. The summed E-state index contributed by atoms with van der Waals surface area (Å²) in [5, 5.41) is 11.4. The Hall–Kier alpha value is -1.76. The van der Waals surface area contributed by atoms with E-state index in [9.17, 15) is 9.59 Å². The molecule has 2 N–H and O–H groups in total. The number of urea groups is 1. The molecule has 0 unspecified atom stereocenters. The number of aliphatic carboxylic acids is 1. The van der Waals surface area contributed by atoms with Crippen molar-refractivity contribution in [3.63, 3.8) is 0 Å². The fraction of sp³-hybridized carbons (Fsp3) is 0.333. The standard InChI is InChI=1S/C12H15BrN2O4/c1-3-15(7-11(16)17)12(18)14-10-6-8(19-2)4-5-9(10)13/h4-6H,3,7H2,1-2H3,(H,14,18)(H,16,17). The number of anilines is 1. The molecule has 0 atom stereocenters. The first kappa shape index (κ1) is 15.3. The van der Waals surface area contributed by atoms with Crippen molar-refractivity contribution in [3.05, 3.63) is 22.7 Å². The number of likely N-dealkylation sites (N-methyl/N-ethyl adjacent to an activating group) is 1. The predicted molar refractivity (Wildman–Crippen MR) is 74.6 cm³/mol. The second kappa shape index (κ2) is 6.98. The quantitative estimate of drug-likeness (QED) is 0.868. The molecule has 0 saturated heterocycles. The first-order chi connectivity index (χ1) is 8.97. The summed E-state index contributed by atoms with van der Waals surface area (Å²) in [7, 11) is 1.53. The van der Waals surface area contributed by atoms with Gasteiger partial charge in [0.25, 0.3) is 0 Å². The first-order valence-corrected chi connectivity index (χ1v) is 6.38. The molecule has 0 heterocycles. The van der Waals surface area contributed by atoms with Crippen LogP contribution >= 0.6 is 15.9 Å². The molecule has 6 nitrogen and oxygen atoms in total. The fourth-order valence-corrected chi connectivity index (χ4v) is 1.76. The number of benzene rings is 1. The van der Waals surface area contributed by atoms with Crippen molar-refractivity contribution in [2.45, 2.75) is 6.92 Å². The lowest BCUT2D eigenvalue weighted by atomic mass is 10.3. The highest BCUT2D eigenvalue weighted by molar-refractivity contribution is 9.10. The smallest absolute Gasteiger partial charge is 0.323 e. The van der Waals surface area contributed by atoms with Crippen LogP contribution in [-0.4, -0.2) is 42.2 Å². The van der Waals surface area contributed by atoms with Crippen molar-refractivity contribution in [2.24, 2.45) is 0 Å². The number of halogens is 1. The molecule has 0 spiro atoms. The van der Waals surface area contributed by atoms with Crippen molar-refractivity contribution in [2.75, 3.05) is 25.5 Å². The number of carboxylic acids is 1. The van der Waals surface area contributed by atoms with Crippen LogP contribution in [0, 0.1) is 0 Å². The van der Waals surface area contributed by atoms with Crippen molar-refractivity contribution in [1.82, 2.24) is 4.90 Å². The average molecular weight is 331 g/mol. The lowest BCUT2D eigenvalue weighted by molar-refractivity contribution is -0.137. The van der Waals surface area contributed by atoms with E-state index < -0.39 is 12.0 Å². The molecular formula is C12H15BrN2O4. The van der Waals surface area contributed by atoms with Crippen LogP contribution in [0.5, 0.6) is 5.75 Å². The maximum absolute atomic E-state index is 11.9. The molecule has 1 rings (SSSR count). The third-order valence-electron chi connectivity index (χ3n) is 2.41. The lowest BCUT2D eigenvalue weighted by Gasteiger charge is -2.19. The number of rotatable bonds is 5. The van der Waals surface area contributed by atoms with E-state index in [0.29, 0.717) is 22.5 Å². The number of hydrogen-bond donors (Lipinski definition) is 2. The number of nitrogens with one attached hydrogen (secondary N) is 1. The van der Waals surface area contributed by atoms with E-state index in [1.165, 1.54) is 12.0 Å². The number of carbonyl (C=O) groups excluding carboxylic acids is 1. The molecule has 104 valence electrons. The van der Waals surface area contributed by atoms with Crippen molar-refractivity contribution in [1.29, 1.82) is 0 Å². The largest absolute Gasteiger partial charge is 0.497 e. The van der Waals surface area contributed by atoms with Gasteiger partial charge in [-0.05, 0) is 35.0 Å². The van der Waals surface area contributed by atoms with Gasteiger partial charge in [0.1, 0.15) is 12.3 Å². The van der Waals surface area contributed by atoms with Gasteiger partial charge in [0, 0.05) is 17.1 Å². The zero-order valence-corrected chi connectivity index (χ0v) is 12.2. The third-order valence-corrected chi connectivity index (χ3v) is 3.10. The minimum absolute atomic E-state index is 0.305. The van der Waals surface area contributed by atoms with Crippen LogP contribution in [-0.2, 0) is 4.79 Å². The minimum Gasteiger partial charge on any atom is -0.497 e. The highest BCUT2D eigenvalue weighted by Gasteiger charge is 2.16. The Balaban J connectivity index is 2.82. The summed E-state index contributed by atoms with van der Waals surface area (Å²) in [6.07, 6.45) is 0. The van der Waals surface area contributed by atoms with Gasteiger partial charge in [-0.2, -0.15) is 0 Å². The highest BCUT2D eigenvalue weighted by atomic mass is 79.9. The number of methoxy groups -OCH3 is 1. The van der Waals surface area contributed by atoms with Gasteiger partial charge in [0.2, 0.25) is 0 Å². The highest BCUT2D eigenvalue weighted by Crippen LogP contribution is 2.27. The second-order valence-electron chi connectivity index (χ2n) is 3.68. The summed E-state index contributed by atoms with van der Waals surface area (Å²) in [5.41, 5.74) is 0.521. The van der Waals surface area contributed by atoms with Crippen LogP contribution in [0.4, 0.5) is 10.5 Å². The van der Waals surface area contributed by atoms with Crippen LogP contribution in [0.15, 0.2) is 22.7 Å². The molecule has 1 aromatic carbocycles. The van der Waals surface area contributed by atoms with Crippen molar-refractivity contribution in [3.8, 4) is 5.75 Å². The van der Waals surface area contributed by atoms with Gasteiger partial charge in [-0.25, -0.2) is 4.79 Å². The molecular weight excluding hydrogens is 316 g/mol. The number of ether oxygens (including phenoxy) is 1. The number of carbonyl (C=O) groups is 2. The second-order valence-corrected chi connectivity index (χ2v) is 4.54. The van der Waals surface area contributed by atoms with Crippen LogP contribution in [0.2, 0.25) is 0 Å². The Labute approximate surface area is 119 Å². The minimum atomic E-state index is -1.05. The van der Waals surface area contributed by atoms with Crippen molar-refractivity contribution >= 4 is 33.6 Å². The molecule has 7 heteroatoms. The SMILES string of the molecule is CCN(CC(=O)O)C(=O)Nc1cc(OC)ccc1Br. The Morgan fingerprint density at radius 2 is 2.16 bits per heavy atom. The molecule has 0 aliphatic heterocycles. The van der Waals surface area contributed by atoms with E-state index in [-0.39, 0.29) is 6.54 Å². The summed E-state index contributed by atoms with van der Waals surface area (Å²) < 4.78 is 5.75. The normalized spacial score (nSPS) is 9.84. The van der Waals surface area contributed by atoms with Gasteiger partial charge in [0.05, 0.1) is 12.8 Å². The molecule has 19 heavy (non-hydrogen) atoms. The summed E-state index contributed by atoms with van der Waals surface area (Å²) >= 11 is 3.30. The van der Waals surface area contributed by atoms with Crippen LogP contribution in [0.1, 0.15) is 6.92 Å². The molecule has 0 saturated carbocycles. The lowest BCUT2D eigenvalue weighted by Crippen LogP contribution is -2.38. The van der Waals surface area contributed by atoms with Gasteiger partial charge < -0.3 is 20.1 Å². The Morgan fingerprint density at radius 3 is 2.68 bits per heavy atom. The summed E-state index contributed by atoms with van der Waals surface area (Å²) in [4.78, 5) is 23.8. The molecule has 1 aromatic rings. The summed E-state index contributed by atoms with van der Waals surface area (Å²) in [6, 6.07) is 4.66. The molecule has 0 radical (unpaired) electrons. The Bertz CT molecular complexity index is 479. The van der Waals surface area contributed by atoms with E-state index in [1.54, 1.807) is 25.1 Å². The number of carboxylic acid groups (broad SMARTS) is 1. The van der Waals surface area contributed by atoms with E-state index in [2.05, 4.69) is 21.2 Å². The Kier molecular flexibility index (Phi) is 5.62. The predicted octanol–water partition coefficient (Wildman–Crippen LogP) is 2.40. The van der Waals surface area contributed by atoms with Gasteiger partial charge in [0.15, 0.2) is 0 Å². The number of hydrogen-bond acceptors (Lipinski definition) is 3. The van der Waals surface area contributed by atoms with Crippen LogP contribution < -0.4 is 10.1 Å². The molecule has 0 aromatic heterocycles. The molecule has 2 amide bonds. The topological polar surface area (TPSA) is 78.9 Å². The maximum Gasteiger partial charge on any atom is 0.323 e. The Morgan fingerprint density at radius 1 is 1.47 bits per heavy atom. The molecule has 0 aliphatic carbocycles. The first-order valence-electron chi connectivity index (χ1n) is 5.59. The monoisotopic (exact) mass is 330 g/mol. The fourth-order valence-electron chi connectivity index (χ4n) is 1.41. The number of amides is 2. The zero-order chi connectivity index (χ0) is 14.4. The van der Waals surface area contributed by atoms with E-state index in [4.69, 9.17) is 9.84 Å². The summed E-state index contributed by atoms with van der Waals surface area (Å²) in [6.45, 7) is 1.67. The van der Waals surface area contributed by atoms with Crippen LogP contribution in [0.25, 0.3) is 0 Å². The van der Waals surface area contributed by atoms with E-state index in [1.807, 2.05) is 0 Å². The van der Waals surface area contributed by atoms with Gasteiger partial charge in [-0.3, -0.25) is 4.79 Å². The third kappa shape index (κ3) is 4.44.